The molecule has 1 unspecified atom stereocenters. The normalized spacial score (nSPS) is 18.5. The molecule has 0 radical (unpaired) electrons. The monoisotopic (exact) mass is 419 g/mol. The first-order valence-electron chi connectivity index (χ1n) is 7.61. The molecule has 1 atom stereocenters. The summed E-state index contributed by atoms with van der Waals surface area (Å²) in [5.41, 5.74) is -0.221. The van der Waals surface area contributed by atoms with Gasteiger partial charge in [0.05, 0.1) is 7.11 Å². The predicted octanol–water partition coefficient (Wildman–Crippen LogP) is 3.14. The molecule has 1 amide bonds. The van der Waals surface area contributed by atoms with Crippen LogP contribution in [0.15, 0.2) is 3.92 Å². The lowest BCUT2D eigenvalue weighted by molar-refractivity contribution is 0.0158. The molecule has 1 aliphatic rings. The van der Waals surface area contributed by atoms with Crippen LogP contribution in [0, 0.1) is 0 Å². The number of methoxy groups -OCH3 is 1. The Kier molecular flexibility index (Phi) is 5.74. The fraction of sp³-hybridized carbons (Fsp3) is 0.667. The van der Waals surface area contributed by atoms with Crippen LogP contribution >= 0.6 is 27.3 Å². The van der Waals surface area contributed by atoms with Gasteiger partial charge in [-0.2, -0.15) is 0 Å². The van der Waals surface area contributed by atoms with Crippen molar-refractivity contribution in [2.45, 2.75) is 39.3 Å². The fourth-order valence-corrected chi connectivity index (χ4v) is 3.92. The lowest BCUT2D eigenvalue weighted by Crippen LogP contribution is -2.55. The summed E-state index contributed by atoms with van der Waals surface area (Å²) in [6, 6.07) is -0.0417. The number of halogens is 1. The minimum Gasteiger partial charge on any atom is -0.464 e. The molecule has 1 aliphatic heterocycles. The van der Waals surface area contributed by atoms with Crippen LogP contribution in [0.3, 0.4) is 0 Å². The Labute approximate surface area is 154 Å². The highest BCUT2D eigenvalue weighted by molar-refractivity contribution is 9.11. The molecule has 1 fully saturated rings. The Hall–Kier alpha value is -1.35. The standard InChI is InChI=1S/C15H22BrN3O4S/c1-9-8-18(6-7-19(9)14(21)23-15(2,3)4)11-10(12(20)22-5)17-13(16)24-11/h9H,6-8H2,1-5H3. The third kappa shape index (κ3) is 4.38. The van der Waals surface area contributed by atoms with Gasteiger partial charge in [0.15, 0.2) is 9.61 Å². The summed E-state index contributed by atoms with van der Waals surface area (Å²) in [6.07, 6.45) is -0.312. The molecule has 0 bridgehead atoms. The molecule has 2 rings (SSSR count). The smallest absolute Gasteiger partial charge is 0.410 e. The number of piperazine rings is 1. The second-order valence-electron chi connectivity index (χ2n) is 6.58. The quantitative estimate of drug-likeness (QED) is 0.685. The molecule has 0 saturated carbocycles. The number of aromatic nitrogens is 1. The Balaban J connectivity index is 2.11. The van der Waals surface area contributed by atoms with Crippen molar-refractivity contribution in [3.05, 3.63) is 9.61 Å². The summed E-state index contributed by atoms with van der Waals surface area (Å²) < 4.78 is 10.9. The number of amides is 1. The molecule has 0 aliphatic carbocycles. The molecule has 1 saturated heterocycles. The van der Waals surface area contributed by atoms with Crippen LogP contribution < -0.4 is 4.90 Å². The zero-order chi connectivity index (χ0) is 18.1. The summed E-state index contributed by atoms with van der Waals surface area (Å²) in [5, 5.41) is 0.754. The Morgan fingerprint density at radius 1 is 1.33 bits per heavy atom. The summed E-state index contributed by atoms with van der Waals surface area (Å²) in [5.74, 6) is -0.464. The summed E-state index contributed by atoms with van der Waals surface area (Å²) in [7, 11) is 1.34. The number of carbonyl (C=O) groups excluding carboxylic acids is 2. The molecule has 24 heavy (non-hydrogen) atoms. The third-order valence-electron chi connectivity index (χ3n) is 3.50. The number of hydrogen-bond acceptors (Lipinski definition) is 7. The largest absolute Gasteiger partial charge is 0.464 e. The van der Waals surface area contributed by atoms with E-state index in [2.05, 4.69) is 25.8 Å². The van der Waals surface area contributed by atoms with Crippen molar-refractivity contribution in [1.29, 1.82) is 0 Å². The van der Waals surface area contributed by atoms with Crippen molar-refractivity contribution in [3.63, 3.8) is 0 Å². The van der Waals surface area contributed by atoms with Gasteiger partial charge < -0.3 is 19.3 Å². The van der Waals surface area contributed by atoms with Gasteiger partial charge in [-0.3, -0.25) is 0 Å². The minimum atomic E-state index is -0.519. The average Bonchev–Trinajstić information content (AvgIpc) is 2.86. The number of nitrogens with zero attached hydrogens (tertiary/aromatic N) is 3. The van der Waals surface area contributed by atoms with Gasteiger partial charge in [0.1, 0.15) is 10.6 Å². The number of hydrogen-bond donors (Lipinski definition) is 0. The fourth-order valence-electron chi connectivity index (χ4n) is 2.46. The van der Waals surface area contributed by atoms with Crippen molar-refractivity contribution in [2.75, 3.05) is 31.6 Å². The number of anilines is 1. The molecule has 2 heterocycles. The second-order valence-corrected chi connectivity index (χ2v) is 8.83. The number of carbonyl (C=O) groups is 2. The van der Waals surface area contributed by atoms with E-state index in [1.54, 1.807) is 4.90 Å². The van der Waals surface area contributed by atoms with E-state index in [0.29, 0.717) is 29.2 Å². The summed E-state index contributed by atoms with van der Waals surface area (Å²) in [4.78, 5) is 32.1. The van der Waals surface area contributed by atoms with Gasteiger partial charge >= 0.3 is 12.1 Å². The molecular formula is C15H22BrN3O4S. The van der Waals surface area contributed by atoms with E-state index in [4.69, 9.17) is 9.47 Å². The van der Waals surface area contributed by atoms with E-state index in [1.165, 1.54) is 18.4 Å². The number of rotatable bonds is 2. The summed E-state index contributed by atoms with van der Waals surface area (Å²) in [6.45, 7) is 9.23. The summed E-state index contributed by atoms with van der Waals surface area (Å²) >= 11 is 4.70. The average molecular weight is 420 g/mol. The minimum absolute atomic E-state index is 0.0417. The Bertz CT molecular complexity index is 629. The van der Waals surface area contributed by atoms with Crippen molar-refractivity contribution in [2.24, 2.45) is 0 Å². The number of esters is 1. The Morgan fingerprint density at radius 2 is 2.00 bits per heavy atom. The zero-order valence-corrected chi connectivity index (χ0v) is 16.9. The van der Waals surface area contributed by atoms with Gasteiger partial charge in [-0.1, -0.05) is 11.3 Å². The van der Waals surface area contributed by atoms with Gasteiger partial charge in [-0.25, -0.2) is 14.6 Å². The first kappa shape index (κ1) is 19.0. The lowest BCUT2D eigenvalue weighted by Gasteiger charge is -2.40. The lowest BCUT2D eigenvalue weighted by atomic mass is 10.2. The van der Waals surface area contributed by atoms with Gasteiger partial charge in [0.2, 0.25) is 0 Å². The van der Waals surface area contributed by atoms with Crippen molar-refractivity contribution < 1.29 is 19.1 Å². The zero-order valence-electron chi connectivity index (χ0n) is 14.5. The molecular weight excluding hydrogens is 398 g/mol. The SMILES string of the molecule is COC(=O)c1nc(Br)sc1N1CCN(C(=O)OC(C)(C)C)C(C)C1. The van der Waals surface area contributed by atoms with E-state index >= 15 is 0 Å². The van der Waals surface area contributed by atoms with Gasteiger partial charge in [-0.15, -0.1) is 0 Å². The van der Waals surface area contributed by atoms with E-state index in [-0.39, 0.29) is 12.1 Å². The predicted molar refractivity (Wildman–Crippen MR) is 95.8 cm³/mol. The third-order valence-corrected chi connectivity index (χ3v) is 5.07. The van der Waals surface area contributed by atoms with Crippen LogP contribution in [-0.2, 0) is 9.47 Å². The van der Waals surface area contributed by atoms with Crippen LogP contribution in [-0.4, -0.2) is 60.3 Å². The molecule has 9 heteroatoms. The highest BCUT2D eigenvalue weighted by Crippen LogP contribution is 2.34. The molecule has 0 aromatic carbocycles. The van der Waals surface area contributed by atoms with Gasteiger partial charge in [-0.05, 0) is 43.6 Å². The molecule has 134 valence electrons. The van der Waals surface area contributed by atoms with Gasteiger partial charge in [0, 0.05) is 25.7 Å². The highest BCUT2D eigenvalue weighted by Gasteiger charge is 2.33. The maximum atomic E-state index is 12.3. The molecule has 0 N–H and O–H groups in total. The van der Waals surface area contributed by atoms with Crippen LogP contribution in [0.5, 0.6) is 0 Å². The van der Waals surface area contributed by atoms with Crippen molar-refractivity contribution in [1.82, 2.24) is 9.88 Å². The molecule has 0 spiro atoms. The maximum Gasteiger partial charge on any atom is 0.410 e. The molecule has 7 nitrogen and oxygen atoms in total. The number of thiazole rings is 1. The number of ether oxygens (including phenoxy) is 2. The topological polar surface area (TPSA) is 72.0 Å². The van der Waals surface area contributed by atoms with Crippen LogP contribution in [0.4, 0.5) is 9.80 Å². The first-order valence-corrected chi connectivity index (χ1v) is 9.22. The van der Waals surface area contributed by atoms with E-state index < -0.39 is 11.6 Å². The van der Waals surface area contributed by atoms with E-state index in [0.717, 1.165) is 5.00 Å². The van der Waals surface area contributed by atoms with Crippen LogP contribution in [0.1, 0.15) is 38.2 Å². The molecule has 1 aromatic rings. The van der Waals surface area contributed by atoms with E-state index in [1.807, 2.05) is 27.7 Å². The van der Waals surface area contributed by atoms with Gasteiger partial charge in [0.25, 0.3) is 0 Å². The maximum absolute atomic E-state index is 12.3. The van der Waals surface area contributed by atoms with Crippen molar-refractivity contribution in [3.8, 4) is 0 Å². The highest BCUT2D eigenvalue weighted by atomic mass is 79.9. The first-order chi connectivity index (χ1) is 11.1. The molecule has 1 aromatic heterocycles. The van der Waals surface area contributed by atoms with Crippen LogP contribution in [0.2, 0.25) is 0 Å². The second kappa shape index (κ2) is 7.26. The van der Waals surface area contributed by atoms with Crippen LogP contribution in [0.25, 0.3) is 0 Å². The Morgan fingerprint density at radius 3 is 2.54 bits per heavy atom. The van der Waals surface area contributed by atoms with Crippen molar-refractivity contribution >= 4 is 44.3 Å². The van der Waals surface area contributed by atoms with E-state index in [9.17, 15) is 9.59 Å².